The quantitative estimate of drug-likeness (QED) is 0.509. The lowest BCUT2D eigenvalue weighted by Crippen LogP contribution is -1.96. The third-order valence-corrected chi connectivity index (χ3v) is 1.40. The van der Waals surface area contributed by atoms with Crippen molar-refractivity contribution in [2.45, 2.75) is 0 Å². The van der Waals surface area contributed by atoms with Crippen LogP contribution in [-0.4, -0.2) is 16.1 Å². The Morgan fingerprint density at radius 3 is 2.92 bits per heavy atom. The third kappa shape index (κ3) is 2.26. The van der Waals surface area contributed by atoms with E-state index >= 15 is 0 Å². The van der Waals surface area contributed by atoms with Crippen LogP contribution in [-0.2, 0) is 0 Å². The Hall–Kier alpha value is -0.980. The van der Waals surface area contributed by atoms with Crippen LogP contribution < -0.4 is 5.73 Å². The minimum Gasteiger partial charge on any atom is -0.381 e. The van der Waals surface area contributed by atoms with Gasteiger partial charge < -0.3 is 5.73 Å². The molecule has 12 heavy (non-hydrogen) atoms. The van der Waals surface area contributed by atoms with E-state index < -0.39 is 0 Å². The van der Waals surface area contributed by atoms with Crippen molar-refractivity contribution in [2.75, 3.05) is 11.6 Å². The Balaban J connectivity index is 3.05. The molecule has 0 saturated heterocycles. The highest BCUT2D eigenvalue weighted by Crippen LogP contribution is 2.10. The summed E-state index contributed by atoms with van der Waals surface area (Å²) in [6.07, 6.45) is 0. The first kappa shape index (κ1) is 9.11. The molecular formula is C7H5Cl2N3. The molecule has 62 valence electrons. The predicted molar refractivity (Wildman–Crippen MR) is 49.1 cm³/mol. The topological polar surface area (TPSA) is 51.8 Å². The number of rotatable bonds is 0. The molecule has 0 bridgehead atoms. The number of hydrogen-bond acceptors (Lipinski definition) is 3. The fraction of sp³-hybridized carbons (Fsp3) is 0.143. The standard InChI is InChI=1S/C7H5Cl2N3/c8-3-1-2-5-4-6(9)11-12-7(5)10/h4H,3H2,(H2,10,12). The summed E-state index contributed by atoms with van der Waals surface area (Å²) in [7, 11) is 0. The van der Waals surface area contributed by atoms with Crippen LogP contribution in [0.25, 0.3) is 0 Å². The fourth-order valence-electron chi connectivity index (χ4n) is 0.606. The summed E-state index contributed by atoms with van der Waals surface area (Å²) >= 11 is 10.9. The van der Waals surface area contributed by atoms with Crippen LogP contribution in [0.3, 0.4) is 0 Å². The molecule has 0 aliphatic heterocycles. The number of nitrogen functional groups attached to an aromatic ring is 1. The summed E-state index contributed by atoms with van der Waals surface area (Å²) in [5.41, 5.74) is 6.00. The van der Waals surface area contributed by atoms with Crippen LogP contribution in [0.2, 0.25) is 5.15 Å². The minimum absolute atomic E-state index is 0.249. The van der Waals surface area contributed by atoms with Crippen LogP contribution in [0, 0.1) is 11.8 Å². The lowest BCUT2D eigenvalue weighted by Gasteiger charge is -1.94. The van der Waals surface area contributed by atoms with Crippen molar-refractivity contribution in [3.05, 3.63) is 16.8 Å². The van der Waals surface area contributed by atoms with E-state index in [0.717, 1.165) is 0 Å². The SMILES string of the molecule is Nc1nnc(Cl)cc1C#CCCl. The van der Waals surface area contributed by atoms with Crippen LogP contribution in [0.5, 0.6) is 0 Å². The predicted octanol–water partition coefficient (Wildman–Crippen LogP) is 1.30. The van der Waals surface area contributed by atoms with Gasteiger partial charge in [0.25, 0.3) is 0 Å². The molecule has 0 aliphatic rings. The van der Waals surface area contributed by atoms with Gasteiger partial charge in [-0.2, -0.15) is 0 Å². The molecule has 1 rings (SSSR count). The van der Waals surface area contributed by atoms with Gasteiger partial charge in [0.2, 0.25) is 0 Å². The molecule has 0 atom stereocenters. The average molecular weight is 202 g/mol. The van der Waals surface area contributed by atoms with Crippen LogP contribution in [0.4, 0.5) is 5.82 Å². The summed E-state index contributed by atoms with van der Waals surface area (Å²) in [5.74, 6) is 5.86. The molecule has 5 heteroatoms. The van der Waals surface area contributed by atoms with Crippen molar-refractivity contribution in [2.24, 2.45) is 0 Å². The monoisotopic (exact) mass is 201 g/mol. The zero-order valence-electron chi connectivity index (χ0n) is 6.01. The first-order valence-electron chi connectivity index (χ1n) is 3.07. The number of alkyl halides is 1. The zero-order valence-corrected chi connectivity index (χ0v) is 7.52. The minimum atomic E-state index is 0.249. The van der Waals surface area contributed by atoms with Crippen molar-refractivity contribution in [1.82, 2.24) is 10.2 Å². The van der Waals surface area contributed by atoms with Gasteiger partial charge in [-0.05, 0) is 6.07 Å². The molecule has 1 aromatic heterocycles. The van der Waals surface area contributed by atoms with Gasteiger partial charge in [0.05, 0.1) is 11.4 Å². The summed E-state index contributed by atoms with van der Waals surface area (Å²) in [5, 5.41) is 7.39. The molecule has 0 aromatic carbocycles. The summed E-state index contributed by atoms with van der Waals surface area (Å²) < 4.78 is 0. The molecule has 0 spiro atoms. The number of halogens is 2. The Bertz CT molecular complexity index is 340. The summed E-state index contributed by atoms with van der Waals surface area (Å²) in [6.45, 7) is 0. The Morgan fingerprint density at radius 2 is 2.25 bits per heavy atom. The van der Waals surface area contributed by atoms with Gasteiger partial charge in [-0.15, -0.1) is 21.8 Å². The van der Waals surface area contributed by atoms with Gasteiger partial charge in [0.1, 0.15) is 0 Å². The third-order valence-electron chi connectivity index (χ3n) is 1.08. The number of hydrogen-bond donors (Lipinski definition) is 1. The zero-order chi connectivity index (χ0) is 8.97. The molecule has 1 aromatic rings. The van der Waals surface area contributed by atoms with Gasteiger partial charge in [-0.25, -0.2) is 0 Å². The van der Waals surface area contributed by atoms with Crippen molar-refractivity contribution < 1.29 is 0 Å². The molecule has 0 saturated carbocycles. The second-order valence-electron chi connectivity index (χ2n) is 1.90. The Labute approximate surface area is 79.9 Å². The molecule has 0 fully saturated rings. The normalized spacial score (nSPS) is 8.83. The molecule has 0 unspecified atom stereocenters. The van der Waals surface area contributed by atoms with Gasteiger partial charge in [0.15, 0.2) is 11.0 Å². The van der Waals surface area contributed by atoms with Gasteiger partial charge in [-0.3, -0.25) is 0 Å². The first-order chi connectivity index (χ1) is 5.74. The number of nitrogens with two attached hydrogens (primary N) is 1. The second-order valence-corrected chi connectivity index (χ2v) is 2.56. The van der Waals surface area contributed by atoms with E-state index in [1.807, 2.05) is 0 Å². The Morgan fingerprint density at radius 1 is 1.50 bits per heavy atom. The molecule has 2 N–H and O–H groups in total. The van der Waals surface area contributed by atoms with Crippen LogP contribution >= 0.6 is 23.2 Å². The van der Waals surface area contributed by atoms with E-state index in [1.165, 1.54) is 0 Å². The smallest absolute Gasteiger partial charge is 0.162 e. The van der Waals surface area contributed by atoms with Gasteiger partial charge >= 0.3 is 0 Å². The fourth-order valence-corrected chi connectivity index (χ4v) is 0.820. The van der Waals surface area contributed by atoms with E-state index in [-0.39, 0.29) is 16.9 Å². The summed E-state index contributed by atoms with van der Waals surface area (Å²) in [6, 6.07) is 1.55. The summed E-state index contributed by atoms with van der Waals surface area (Å²) in [4.78, 5) is 0. The van der Waals surface area contributed by atoms with Gasteiger partial charge in [-0.1, -0.05) is 23.4 Å². The maximum atomic E-state index is 5.57. The van der Waals surface area contributed by atoms with Crippen molar-refractivity contribution in [1.29, 1.82) is 0 Å². The lowest BCUT2D eigenvalue weighted by atomic mass is 10.3. The molecule has 1 heterocycles. The maximum Gasteiger partial charge on any atom is 0.162 e. The van der Waals surface area contributed by atoms with E-state index in [9.17, 15) is 0 Å². The Kier molecular flexibility index (Phi) is 3.15. The van der Waals surface area contributed by atoms with Gasteiger partial charge in [0, 0.05) is 0 Å². The average Bonchev–Trinajstić information content (AvgIpc) is 2.07. The molecule has 0 radical (unpaired) electrons. The van der Waals surface area contributed by atoms with Crippen molar-refractivity contribution in [3.8, 4) is 11.8 Å². The molecule has 0 aliphatic carbocycles. The van der Waals surface area contributed by atoms with E-state index in [2.05, 4.69) is 22.0 Å². The highest BCUT2D eigenvalue weighted by atomic mass is 35.5. The molecular weight excluding hydrogens is 197 g/mol. The molecule has 3 nitrogen and oxygen atoms in total. The van der Waals surface area contributed by atoms with Crippen LogP contribution in [0.15, 0.2) is 6.07 Å². The van der Waals surface area contributed by atoms with Crippen molar-refractivity contribution >= 4 is 29.0 Å². The van der Waals surface area contributed by atoms with E-state index in [0.29, 0.717) is 5.56 Å². The van der Waals surface area contributed by atoms with E-state index in [4.69, 9.17) is 28.9 Å². The van der Waals surface area contributed by atoms with Crippen molar-refractivity contribution in [3.63, 3.8) is 0 Å². The van der Waals surface area contributed by atoms with E-state index in [1.54, 1.807) is 6.07 Å². The maximum absolute atomic E-state index is 5.57. The lowest BCUT2D eigenvalue weighted by molar-refractivity contribution is 1.04. The first-order valence-corrected chi connectivity index (χ1v) is 3.99. The highest BCUT2D eigenvalue weighted by Gasteiger charge is 1.98. The highest BCUT2D eigenvalue weighted by molar-refractivity contribution is 6.29. The number of aromatic nitrogens is 2. The second kappa shape index (κ2) is 4.15. The van der Waals surface area contributed by atoms with Crippen LogP contribution in [0.1, 0.15) is 5.56 Å². The largest absolute Gasteiger partial charge is 0.381 e. The number of nitrogens with zero attached hydrogens (tertiary/aromatic N) is 2. The molecule has 0 amide bonds. The number of anilines is 1.